The summed E-state index contributed by atoms with van der Waals surface area (Å²) in [7, 11) is 0. The molecular formula is C15H24N2O3. The molecule has 0 heterocycles. The molecule has 0 fully saturated rings. The average Bonchev–Trinajstić information content (AvgIpc) is 2.34. The summed E-state index contributed by atoms with van der Waals surface area (Å²) < 4.78 is 10.6. The lowest BCUT2D eigenvalue weighted by Crippen LogP contribution is -2.27. The highest BCUT2D eigenvalue weighted by Gasteiger charge is 2.16. The van der Waals surface area contributed by atoms with Crippen LogP contribution in [0.1, 0.15) is 34.1 Å². The number of nitrogen functional groups attached to an aromatic ring is 1. The number of nitrogens with one attached hydrogen (secondary N) is 1. The Bertz CT molecular complexity index is 453. The normalized spacial score (nSPS) is 11.0. The molecule has 0 saturated carbocycles. The molecule has 0 aromatic heterocycles. The highest BCUT2D eigenvalue weighted by atomic mass is 16.6. The Balaban J connectivity index is 2.58. The van der Waals surface area contributed by atoms with Gasteiger partial charge in [0.25, 0.3) is 0 Å². The fourth-order valence-corrected chi connectivity index (χ4v) is 1.55. The van der Waals surface area contributed by atoms with Gasteiger partial charge in [0, 0.05) is 12.6 Å². The fourth-order valence-electron chi connectivity index (χ4n) is 1.55. The summed E-state index contributed by atoms with van der Waals surface area (Å²) >= 11 is 0. The van der Waals surface area contributed by atoms with Gasteiger partial charge in [-0.1, -0.05) is 6.92 Å². The Kier molecular flexibility index (Phi) is 5.67. The number of esters is 1. The molecule has 1 rings (SSSR count). The maximum Gasteiger partial charge on any atom is 0.344 e. The topological polar surface area (TPSA) is 73.6 Å². The molecule has 1 aromatic rings. The number of nitrogens with two attached hydrogens (primary N) is 1. The van der Waals surface area contributed by atoms with Crippen molar-refractivity contribution >= 4 is 17.3 Å². The molecule has 0 aliphatic rings. The monoisotopic (exact) mass is 280 g/mol. The average molecular weight is 280 g/mol. The van der Waals surface area contributed by atoms with E-state index in [1.807, 2.05) is 20.8 Å². The predicted molar refractivity (Wildman–Crippen MR) is 81.0 cm³/mol. The minimum absolute atomic E-state index is 0.117. The molecule has 3 N–H and O–H groups in total. The van der Waals surface area contributed by atoms with Crippen molar-refractivity contribution in [2.75, 3.05) is 24.2 Å². The maximum atomic E-state index is 11.6. The fraction of sp³-hybridized carbons (Fsp3) is 0.533. The number of anilines is 2. The highest BCUT2D eigenvalue weighted by molar-refractivity contribution is 5.72. The minimum Gasteiger partial charge on any atom is -0.482 e. The molecule has 112 valence electrons. The van der Waals surface area contributed by atoms with Crippen molar-refractivity contribution in [3.63, 3.8) is 0 Å². The molecular weight excluding hydrogens is 256 g/mol. The Labute approximate surface area is 120 Å². The van der Waals surface area contributed by atoms with Crippen LogP contribution in [0.2, 0.25) is 0 Å². The first-order chi connectivity index (χ1) is 9.31. The summed E-state index contributed by atoms with van der Waals surface area (Å²) in [5, 5.41) is 3.21. The van der Waals surface area contributed by atoms with Gasteiger partial charge in [0.15, 0.2) is 6.61 Å². The largest absolute Gasteiger partial charge is 0.482 e. The third kappa shape index (κ3) is 5.82. The van der Waals surface area contributed by atoms with E-state index < -0.39 is 11.6 Å². The molecule has 0 unspecified atom stereocenters. The number of rotatable bonds is 6. The van der Waals surface area contributed by atoms with Gasteiger partial charge in [-0.05, 0) is 39.3 Å². The molecule has 1 aromatic carbocycles. The Morgan fingerprint density at radius 3 is 2.65 bits per heavy atom. The van der Waals surface area contributed by atoms with Gasteiger partial charge < -0.3 is 20.5 Å². The van der Waals surface area contributed by atoms with Crippen molar-refractivity contribution in [1.29, 1.82) is 0 Å². The van der Waals surface area contributed by atoms with Crippen LogP contribution >= 0.6 is 0 Å². The van der Waals surface area contributed by atoms with Crippen LogP contribution < -0.4 is 15.8 Å². The molecule has 0 amide bonds. The van der Waals surface area contributed by atoms with Gasteiger partial charge in [-0.3, -0.25) is 0 Å². The number of ether oxygens (including phenoxy) is 2. The van der Waals surface area contributed by atoms with Crippen LogP contribution in [0.3, 0.4) is 0 Å². The van der Waals surface area contributed by atoms with E-state index in [9.17, 15) is 4.79 Å². The smallest absolute Gasteiger partial charge is 0.344 e. The van der Waals surface area contributed by atoms with Gasteiger partial charge in [-0.2, -0.15) is 0 Å². The number of hydrogen-bond donors (Lipinski definition) is 2. The van der Waals surface area contributed by atoms with Crippen LogP contribution in [0.5, 0.6) is 5.75 Å². The molecule has 0 aliphatic carbocycles. The molecule has 0 saturated heterocycles. The molecule has 5 nitrogen and oxygen atoms in total. The van der Waals surface area contributed by atoms with Crippen LogP contribution in [0, 0.1) is 0 Å². The lowest BCUT2D eigenvalue weighted by molar-refractivity contribution is -0.157. The van der Waals surface area contributed by atoms with Crippen molar-refractivity contribution in [2.24, 2.45) is 0 Å². The van der Waals surface area contributed by atoms with E-state index in [-0.39, 0.29) is 6.61 Å². The highest BCUT2D eigenvalue weighted by Crippen LogP contribution is 2.24. The van der Waals surface area contributed by atoms with E-state index in [2.05, 4.69) is 12.2 Å². The van der Waals surface area contributed by atoms with E-state index in [0.717, 1.165) is 18.7 Å². The molecule has 0 aliphatic heterocycles. The summed E-state index contributed by atoms with van der Waals surface area (Å²) in [4.78, 5) is 11.6. The molecule has 0 radical (unpaired) electrons. The van der Waals surface area contributed by atoms with Gasteiger partial charge in [-0.25, -0.2) is 4.79 Å². The summed E-state index contributed by atoms with van der Waals surface area (Å²) in [6.07, 6.45) is 1.00. The number of carbonyl (C=O) groups is 1. The summed E-state index contributed by atoms with van der Waals surface area (Å²) in [6.45, 7) is 8.25. The SMILES string of the molecule is CCCNc1cc(OCC(=O)OC(C)(C)C)ccc1N. The first-order valence-corrected chi connectivity index (χ1v) is 6.80. The first kappa shape index (κ1) is 16.1. The second-order valence-corrected chi connectivity index (χ2v) is 5.55. The van der Waals surface area contributed by atoms with Gasteiger partial charge in [-0.15, -0.1) is 0 Å². The molecule has 0 spiro atoms. The summed E-state index contributed by atoms with van der Waals surface area (Å²) in [6, 6.07) is 5.27. The van der Waals surface area contributed by atoms with Crippen LogP contribution in [0.4, 0.5) is 11.4 Å². The first-order valence-electron chi connectivity index (χ1n) is 6.80. The van der Waals surface area contributed by atoms with E-state index in [0.29, 0.717) is 11.4 Å². The van der Waals surface area contributed by atoms with Crippen LogP contribution in [0.15, 0.2) is 18.2 Å². The summed E-state index contributed by atoms with van der Waals surface area (Å²) in [5.74, 6) is 0.195. The predicted octanol–water partition coefficient (Wildman–Crippen LogP) is 2.81. The van der Waals surface area contributed by atoms with Gasteiger partial charge >= 0.3 is 5.97 Å². The Morgan fingerprint density at radius 1 is 1.35 bits per heavy atom. The Morgan fingerprint density at radius 2 is 2.05 bits per heavy atom. The summed E-state index contributed by atoms with van der Waals surface area (Å²) in [5.41, 5.74) is 6.82. The van der Waals surface area contributed by atoms with Crippen molar-refractivity contribution in [2.45, 2.75) is 39.7 Å². The molecule has 0 bridgehead atoms. The standard InChI is InChI=1S/C15H24N2O3/c1-5-8-17-13-9-11(6-7-12(13)16)19-10-14(18)20-15(2,3)4/h6-7,9,17H,5,8,10,16H2,1-4H3. The van der Waals surface area contributed by atoms with Crippen molar-refractivity contribution in [1.82, 2.24) is 0 Å². The number of carbonyl (C=O) groups excluding carboxylic acids is 1. The van der Waals surface area contributed by atoms with Crippen molar-refractivity contribution in [3.8, 4) is 5.75 Å². The van der Waals surface area contributed by atoms with Gasteiger partial charge in [0.05, 0.1) is 11.4 Å². The van der Waals surface area contributed by atoms with Gasteiger partial charge in [0.2, 0.25) is 0 Å². The maximum absolute atomic E-state index is 11.6. The number of hydrogen-bond acceptors (Lipinski definition) is 5. The zero-order valence-corrected chi connectivity index (χ0v) is 12.7. The third-order valence-corrected chi connectivity index (χ3v) is 2.37. The quantitative estimate of drug-likeness (QED) is 0.619. The van der Waals surface area contributed by atoms with Crippen LogP contribution in [-0.2, 0) is 9.53 Å². The third-order valence-electron chi connectivity index (χ3n) is 2.37. The lowest BCUT2D eigenvalue weighted by Gasteiger charge is -2.19. The Hall–Kier alpha value is -1.91. The van der Waals surface area contributed by atoms with E-state index in [4.69, 9.17) is 15.2 Å². The number of benzene rings is 1. The van der Waals surface area contributed by atoms with E-state index in [1.54, 1.807) is 18.2 Å². The second kappa shape index (κ2) is 7.03. The van der Waals surface area contributed by atoms with E-state index >= 15 is 0 Å². The van der Waals surface area contributed by atoms with Gasteiger partial charge in [0.1, 0.15) is 11.4 Å². The molecule has 20 heavy (non-hydrogen) atoms. The van der Waals surface area contributed by atoms with Crippen LogP contribution in [-0.4, -0.2) is 24.7 Å². The minimum atomic E-state index is -0.505. The van der Waals surface area contributed by atoms with Crippen molar-refractivity contribution < 1.29 is 14.3 Å². The van der Waals surface area contributed by atoms with Crippen LogP contribution in [0.25, 0.3) is 0 Å². The lowest BCUT2D eigenvalue weighted by atomic mass is 10.2. The molecule has 0 atom stereocenters. The second-order valence-electron chi connectivity index (χ2n) is 5.55. The molecule has 5 heteroatoms. The van der Waals surface area contributed by atoms with E-state index in [1.165, 1.54) is 0 Å². The van der Waals surface area contributed by atoms with Crippen molar-refractivity contribution in [3.05, 3.63) is 18.2 Å². The zero-order chi connectivity index (χ0) is 15.2. The zero-order valence-electron chi connectivity index (χ0n) is 12.7.